The van der Waals surface area contributed by atoms with Crippen molar-refractivity contribution in [1.29, 1.82) is 0 Å². The maximum atomic E-state index is 5.25. The van der Waals surface area contributed by atoms with Gasteiger partial charge in [-0.15, -0.1) is 0 Å². The van der Waals surface area contributed by atoms with E-state index >= 15 is 0 Å². The molecule has 2 aromatic carbocycles. The highest BCUT2D eigenvalue weighted by atomic mass is 16.5. The van der Waals surface area contributed by atoms with Crippen molar-refractivity contribution in [1.82, 2.24) is 0 Å². The summed E-state index contributed by atoms with van der Waals surface area (Å²) in [6.45, 7) is 6.87. The molecular formula is C20H22O. The van der Waals surface area contributed by atoms with E-state index < -0.39 is 0 Å². The molecule has 108 valence electrons. The highest BCUT2D eigenvalue weighted by molar-refractivity contribution is 5.81. The monoisotopic (exact) mass is 278 g/mol. The molecule has 0 N–H and O–H groups in total. The van der Waals surface area contributed by atoms with Gasteiger partial charge >= 0.3 is 0 Å². The quantitative estimate of drug-likeness (QED) is 0.719. The van der Waals surface area contributed by atoms with Gasteiger partial charge in [-0.2, -0.15) is 0 Å². The fraction of sp³-hybridized carbons (Fsp3) is 0.300. The van der Waals surface area contributed by atoms with Crippen LogP contribution in [0.1, 0.15) is 31.9 Å². The van der Waals surface area contributed by atoms with Crippen molar-refractivity contribution < 1.29 is 4.74 Å². The molecule has 3 rings (SSSR count). The van der Waals surface area contributed by atoms with Crippen molar-refractivity contribution in [3.8, 4) is 16.9 Å². The first kappa shape index (κ1) is 13.9. The maximum absolute atomic E-state index is 5.25. The number of methoxy groups -OCH3 is 1. The summed E-state index contributed by atoms with van der Waals surface area (Å²) < 4.78 is 5.25. The second-order valence-corrected chi connectivity index (χ2v) is 6.70. The van der Waals surface area contributed by atoms with E-state index in [0.29, 0.717) is 0 Å². The Morgan fingerprint density at radius 3 is 2.29 bits per heavy atom. The third kappa shape index (κ3) is 2.61. The largest absolute Gasteiger partial charge is 0.497 e. The SMILES string of the molecule is COc1ccc(-c2cccc3c2C=C(C(C)(C)C)C3)cc1. The lowest BCUT2D eigenvalue weighted by atomic mass is 9.85. The molecular weight excluding hydrogens is 256 g/mol. The zero-order valence-electron chi connectivity index (χ0n) is 13.2. The number of fused-ring (bicyclic) bond motifs is 1. The summed E-state index contributed by atoms with van der Waals surface area (Å²) in [6.07, 6.45) is 3.46. The molecule has 0 bridgehead atoms. The zero-order chi connectivity index (χ0) is 15.0. The first-order chi connectivity index (χ1) is 9.99. The van der Waals surface area contributed by atoms with E-state index in [1.807, 2.05) is 12.1 Å². The molecule has 2 aromatic rings. The topological polar surface area (TPSA) is 9.23 Å². The molecule has 21 heavy (non-hydrogen) atoms. The average molecular weight is 278 g/mol. The fourth-order valence-electron chi connectivity index (χ4n) is 2.87. The summed E-state index contributed by atoms with van der Waals surface area (Å²) in [4.78, 5) is 0. The van der Waals surface area contributed by atoms with E-state index in [1.54, 1.807) is 7.11 Å². The van der Waals surface area contributed by atoms with Crippen molar-refractivity contribution in [2.45, 2.75) is 27.2 Å². The van der Waals surface area contributed by atoms with Crippen LogP contribution in [0, 0.1) is 5.41 Å². The van der Waals surface area contributed by atoms with E-state index in [4.69, 9.17) is 4.74 Å². The van der Waals surface area contributed by atoms with Crippen molar-refractivity contribution in [2.75, 3.05) is 7.11 Å². The summed E-state index contributed by atoms with van der Waals surface area (Å²) >= 11 is 0. The Hall–Kier alpha value is -2.02. The van der Waals surface area contributed by atoms with Gasteiger partial charge in [0.05, 0.1) is 7.11 Å². The molecule has 0 heterocycles. The summed E-state index contributed by atoms with van der Waals surface area (Å²) in [7, 11) is 1.70. The number of hydrogen-bond donors (Lipinski definition) is 0. The van der Waals surface area contributed by atoms with Crippen LogP contribution in [0.15, 0.2) is 48.0 Å². The molecule has 0 amide bonds. The van der Waals surface area contributed by atoms with Gasteiger partial charge in [-0.25, -0.2) is 0 Å². The lowest BCUT2D eigenvalue weighted by Crippen LogP contribution is -2.08. The van der Waals surface area contributed by atoms with E-state index in [2.05, 4.69) is 57.2 Å². The Morgan fingerprint density at radius 1 is 0.952 bits per heavy atom. The van der Waals surface area contributed by atoms with Crippen LogP contribution in [0.4, 0.5) is 0 Å². The predicted molar refractivity (Wildman–Crippen MR) is 89.6 cm³/mol. The van der Waals surface area contributed by atoms with Crippen LogP contribution < -0.4 is 4.74 Å². The minimum atomic E-state index is 0.232. The molecule has 1 heteroatoms. The van der Waals surface area contributed by atoms with Gasteiger partial charge in [-0.1, -0.05) is 62.8 Å². The van der Waals surface area contributed by atoms with Crippen LogP contribution >= 0.6 is 0 Å². The second-order valence-electron chi connectivity index (χ2n) is 6.70. The Bertz CT molecular complexity index is 685. The number of benzene rings is 2. The first-order valence-corrected chi connectivity index (χ1v) is 7.46. The molecule has 1 aliphatic rings. The van der Waals surface area contributed by atoms with E-state index in [-0.39, 0.29) is 5.41 Å². The molecule has 0 radical (unpaired) electrons. The Balaban J connectivity index is 2.06. The number of hydrogen-bond acceptors (Lipinski definition) is 1. The van der Waals surface area contributed by atoms with Crippen molar-refractivity contribution in [2.24, 2.45) is 5.41 Å². The lowest BCUT2D eigenvalue weighted by molar-refractivity contribution is 0.415. The van der Waals surface area contributed by atoms with E-state index in [1.165, 1.54) is 27.8 Å². The lowest BCUT2D eigenvalue weighted by Gasteiger charge is -2.19. The molecule has 1 aliphatic carbocycles. The van der Waals surface area contributed by atoms with Gasteiger partial charge in [0, 0.05) is 0 Å². The molecule has 0 aromatic heterocycles. The van der Waals surface area contributed by atoms with Crippen molar-refractivity contribution >= 4 is 6.08 Å². The highest BCUT2D eigenvalue weighted by Crippen LogP contribution is 2.40. The van der Waals surface area contributed by atoms with Gasteiger partial charge in [-0.3, -0.25) is 0 Å². The van der Waals surface area contributed by atoms with Gasteiger partial charge in [-0.05, 0) is 46.2 Å². The maximum Gasteiger partial charge on any atom is 0.118 e. The van der Waals surface area contributed by atoms with E-state index in [9.17, 15) is 0 Å². The zero-order valence-corrected chi connectivity index (χ0v) is 13.2. The van der Waals surface area contributed by atoms with Gasteiger partial charge < -0.3 is 4.74 Å². The minimum Gasteiger partial charge on any atom is -0.497 e. The molecule has 0 saturated heterocycles. The van der Waals surface area contributed by atoms with E-state index in [0.717, 1.165) is 12.2 Å². The summed E-state index contributed by atoms with van der Waals surface area (Å²) in [5.74, 6) is 0.900. The molecule has 0 unspecified atom stereocenters. The second kappa shape index (κ2) is 5.07. The molecule has 0 atom stereocenters. The van der Waals surface area contributed by atoms with Gasteiger partial charge in [0.25, 0.3) is 0 Å². The normalized spacial score (nSPS) is 13.8. The number of allylic oxidation sites excluding steroid dienone is 1. The van der Waals surface area contributed by atoms with Crippen LogP contribution in [-0.2, 0) is 6.42 Å². The highest BCUT2D eigenvalue weighted by Gasteiger charge is 2.24. The molecule has 0 saturated carbocycles. The van der Waals surface area contributed by atoms with Crippen molar-refractivity contribution in [3.63, 3.8) is 0 Å². The van der Waals surface area contributed by atoms with Gasteiger partial charge in [0.2, 0.25) is 0 Å². The standard InChI is InChI=1S/C20H22O/c1-20(2,3)16-12-15-6-5-7-18(19(15)13-16)14-8-10-17(21-4)11-9-14/h5-11,13H,12H2,1-4H3. The van der Waals surface area contributed by atoms with Crippen LogP contribution in [0.5, 0.6) is 5.75 Å². The minimum absolute atomic E-state index is 0.232. The van der Waals surface area contributed by atoms with Crippen LogP contribution in [0.2, 0.25) is 0 Å². The summed E-state index contributed by atoms with van der Waals surface area (Å²) in [5.41, 5.74) is 7.13. The number of ether oxygens (including phenoxy) is 1. The summed E-state index contributed by atoms with van der Waals surface area (Å²) in [6, 6.07) is 14.9. The Kier molecular flexibility index (Phi) is 3.36. The number of rotatable bonds is 2. The van der Waals surface area contributed by atoms with Gasteiger partial charge in [0.1, 0.15) is 5.75 Å². The molecule has 0 spiro atoms. The fourth-order valence-corrected chi connectivity index (χ4v) is 2.87. The Labute approximate surface area is 127 Å². The molecule has 0 aliphatic heterocycles. The van der Waals surface area contributed by atoms with Crippen LogP contribution in [0.3, 0.4) is 0 Å². The smallest absolute Gasteiger partial charge is 0.118 e. The molecule has 1 nitrogen and oxygen atoms in total. The summed E-state index contributed by atoms with van der Waals surface area (Å²) in [5, 5.41) is 0. The van der Waals surface area contributed by atoms with Crippen LogP contribution in [0.25, 0.3) is 17.2 Å². The van der Waals surface area contributed by atoms with Crippen LogP contribution in [-0.4, -0.2) is 7.11 Å². The third-order valence-electron chi connectivity index (χ3n) is 4.26. The Morgan fingerprint density at radius 2 is 1.67 bits per heavy atom. The molecule has 0 fully saturated rings. The average Bonchev–Trinajstić information content (AvgIpc) is 2.91. The first-order valence-electron chi connectivity index (χ1n) is 7.46. The van der Waals surface area contributed by atoms with Crippen molar-refractivity contribution in [3.05, 3.63) is 59.2 Å². The van der Waals surface area contributed by atoms with Gasteiger partial charge in [0.15, 0.2) is 0 Å². The predicted octanol–water partition coefficient (Wildman–Crippen LogP) is 5.35. The third-order valence-corrected chi connectivity index (χ3v) is 4.26.